The van der Waals surface area contributed by atoms with E-state index >= 15 is 0 Å². The third kappa shape index (κ3) is 4.79. The maximum Gasteiger partial charge on any atom is 0.391 e. The molecule has 0 saturated carbocycles. The van der Waals surface area contributed by atoms with Crippen molar-refractivity contribution in [2.45, 2.75) is 25.2 Å². The molecule has 2 aromatic rings. The Bertz CT molecular complexity index is 552. The summed E-state index contributed by atoms with van der Waals surface area (Å²) < 4.78 is 38.2. The lowest BCUT2D eigenvalue weighted by Gasteiger charge is -2.22. The van der Waals surface area contributed by atoms with Gasteiger partial charge in [0, 0.05) is 5.69 Å². The van der Waals surface area contributed by atoms with E-state index in [-0.39, 0.29) is 6.61 Å². The second-order valence-corrected chi connectivity index (χ2v) is 4.78. The number of hydrogen-bond donors (Lipinski definition) is 2. The van der Waals surface area contributed by atoms with Crippen molar-refractivity contribution in [3.63, 3.8) is 0 Å². The number of benzene rings is 2. The number of halogens is 3. The van der Waals surface area contributed by atoms with Gasteiger partial charge < -0.3 is 10.4 Å². The first kappa shape index (κ1) is 15.4. The molecule has 0 aromatic heterocycles. The van der Waals surface area contributed by atoms with Crippen LogP contribution in [-0.2, 0) is 6.61 Å². The van der Waals surface area contributed by atoms with Gasteiger partial charge in [-0.3, -0.25) is 0 Å². The molecule has 0 saturated heterocycles. The topological polar surface area (TPSA) is 32.3 Å². The largest absolute Gasteiger partial charge is 0.392 e. The van der Waals surface area contributed by atoms with Crippen molar-refractivity contribution in [3.8, 4) is 0 Å². The number of nitrogens with one attached hydrogen (secondary N) is 1. The number of aliphatic hydroxyl groups excluding tert-OH is 1. The standard InChI is InChI=1S/C16H16F3NO/c17-16(18,19)10-15(13-4-2-1-3-5-13)20-14-8-6-12(11-21)7-9-14/h1-9,15,20-21H,10-11H2. The summed E-state index contributed by atoms with van der Waals surface area (Å²) in [6, 6.07) is 14.4. The summed E-state index contributed by atoms with van der Waals surface area (Å²) in [6.07, 6.45) is -5.20. The molecule has 0 fully saturated rings. The summed E-state index contributed by atoms with van der Waals surface area (Å²) in [6.45, 7) is -0.0923. The predicted octanol–water partition coefficient (Wildman–Crippen LogP) is 4.28. The molecule has 0 spiro atoms. The molecule has 0 aliphatic heterocycles. The summed E-state index contributed by atoms with van der Waals surface area (Å²) in [5.41, 5.74) is 1.89. The van der Waals surface area contributed by atoms with Crippen molar-refractivity contribution >= 4 is 5.69 Å². The number of hydrogen-bond acceptors (Lipinski definition) is 2. The fourth-order valence-electron chi connectivity index (χ4n) is 2.08. The van der Waals surface area contributed by atoms with Crippen LogP contribution in [0, 0.1) is 0 Å². The van der Waals surface area contributed by atoms with Gasteiger partial charge in [-0.2, -0.15) is 13.2 Å². The lowest BCUT2D eigenvalue weighted by atomic mass is 10.0. The lowest BCUT2D eigenvalue weighted by molar-refractivity contribution is -0.137. The van der Waals surface area contributed by atoms with Crippen LogP contribution in [0.2, 0.25) is 0 Å². The van der Waals surface area contributed by atoms with Crippen molar-refractivity contribution in [3.05, 3.63) is 65.7 Å². The molecule has 1 unspecified atom stereocenters. The van der Waals surface area contributed by atoms with E-state index in [0.717, 1.165) is 0 Å². The monoisotopic (exact) mass is 295 g/mol. The van der Waals surface area contributed by atoms with Crippen LogP contribution in [0.1, 0.15) is 23.6 Å². The molecule has 0 radical (unpaired) electrons. The maximum absolute atomic E-state index is 12.7. The Balaban J connectivity index is 2.19. The molecule has 2 aromatic carbocycles. The number of aliphatic hydroxyl groups is 1. The van der Waals surface area contributed by atoms with Gasteiger partial charge in [-0.05, 0) is 23.3 Å². The molecule has 21 heavy (non-hydrogen) atoms. The number of rotatable bonds is 5. The highest BCUT2D eigenvalue weighted by molar-refractivity contribution is 5.46. The Kier molecular flexibility index (Phi) is 4.85. The van der Waals surface area contributed by atoms with Crippen molar-refractivity contribution < 1.29 is 18.3 Å². The first-order valence-corrected chi connectivity index (χ1v) is 6.56. The number of alkyl halides is 3. The molecule has 5 heteroatoms. The highest BCUT2D eigenvalue weighted by Gasteiger charge is 2.32. The van der Waals surface area contributed by atoms with Crippen LogP contribution in [0.4, 0.5) is 18.9 Å². The second-order valence-electron chi connectivity index (χ2n) is 4.78. The van der Waals surface area contributed by atoms with E-state index in [1.54, 1.807) is 54.6 Å². The summed E-state index contributed by atoms with van der Waals surface area (Å²) in [4.78, 5) is 0. The van der Waals surface area contributed by atoms with Gasteiger partial charge in [0.05, 0.1) is 19.1 Å². The Labute approximate surface area is 121 Å². The van der Waals surface area contributed by atoms with Crippen LogP contribution in [0.3, 0.4) is 0 Å². The zero-order valence-electron chi connectivity index (χ0n) is 11.3. The Morgan fingerprint density at radius 1 is 0.952 bits per heavy atom. The van der Waals surface area contributed by atoms with Crippen molar-refractivity contribution in [1.82, 2.24) is 0 Å². The van der Waals surface area contributed by atoms with Crippen molar-refractivity contribution in [2.24, 2.45) is 0 Å². The normalized spacial score (nSPS) is 13.0. The SMILES string of the molecule is OCc1ccc(NC(CC(F)(F)F)c2ccccc2)cc1. The molecular weight excluding hydrogens is 279 g/mol. The smallest absolute Gasteiger partial charge is 0.391 e. The molecule has 112 valence electrons. The molecule has 2 nitrogen and oxygen atoms in total. The van der Waals surface area contributed by atoms with Crippen LogP contribution in [0.5, 0.6) is 0 Å². The predicted molar refractivity (Wildman–Crippen MR) is 75.8 cm³/mol. The van der Waals surface area contributed by atoms with Gasteiger partial charge in [0.25, 0.3) is 0 Å². The lowest BCUT2D eigenvalue weighted by Crippen LogP contribution is -2.20. The summed E-state index contributed by atoms with van der Waals surface area (Å²) in [7, 11) is 0. The third-order valence-corrected chi connectivity index (χ3v) is 3.11. The molecule has 0 aliphatic rings. The average Bonchev–Trinajstić information content (AvgIpc) is 2.47. The van der Waals surface area contributed by atoms with Crippen LogP contribution in [-0.4, -0.2) is 11.3 Å². The zero-order chi connectivity index (χ0) is 15.3. The minimum absolute atomic E-state index is 0.0923. The Hall–Kier alpha value is -2.01. The van der Waals surface area contributed by atoms with E-state index in [9.17, 15) is 13.2 Å². The van der Waals surface area contributed by atoms with Gasteiger partial charge in [-0.25, -0.2) is 0 Å². The van der Waals surface area contributed by atoms with Crippen LogP contribution < -0.4 is 5.32 Å². The van der Waals surface area contributed by atoms with Crippen molar-refractivity contribution in [1.29, 1.82) is 0 Å². The van der Waals surface area contributed by atoms with E-state index in [1.807, 2.05) is 0 Å². The van der Waals surface area contributed by atoms with E-state index in [0.29, 0.717) is 16.8 Å². The fourth-order valence-corrected chi connectivity index (χ4v) is 2.08. The second kappa shape index (κ2) is 6.63. The first-order chi connectivity index (χ1) is 9.98. The number of anilines is 1. The van der Waals surface area contributed by atoms with Gasteiger partial charge in [0.2, 0.25) is 0 Å². The van der Waals surface area contributed by atoms with Crippen LogP contribution in [0.15, 0.2) is 54.6 Å². The fraction of sp³-hybridized carbons (Fsp3) is 0.250. The molecule has 2 rings (SSSR count). The first-order valence-electron chi connectivity index (χ1n) is 6.56. The molecule has 0 heterocycles. The minimum Gasteiger partial charge on any atom is -0.392 e. The minimum atomic E-state index is -4.25. The summed E-state index contributed by atoms with van der Waals surface area (Å²) in [5.74, 6) is 0. The van der Waals surface area contributed by atoms with Gasteiger partial charge in [0.1, 0.15) is 0 Å². The molecule has 2 N–H and O–H groups in total. The van der Waals surface area contributed by atoms with Crippen molar-refractivity contribution in [2.75, 3.05) is 5.32 Å². The van der Waals surface area contributed by atoms with E-state index in [2.05, 4.69) is 5.32 Å². The molecule has 0 amide bonds. The van der Waals surface area contributed by atoms with Gasteiger partial charge in [-0.15, -0.1) is 0 Å². The van der Waals surface area contributed by atoms with Crippen LogP contribution in [0.25, 0.3) is 0 Å². The van der Waals surface area contributed by atoms with Gasteiger partial charge in [-0.1, -0.05) is 42.5 Å². The third-order valence-electron chi connectivity index (χ3n) is 3.11. The van der Waals surface area contributed by atoms with Crippen LogP contribution >= 0.6 is 0 Å². The molecule has 1 atom stereocenters. The molecular formula is C16H16F3NO. The summed E-state index contributed by atoms with van der Waals surface area (Å²) >= 11 is 0. The summed E-state index contributed by atoms with van der Waals surface area (Å²) in [5, 5.41) is 11.9. The quantitative estimate of drug-likeness (QED) is 0.862. The zero-order valence-corrected chi connectivity index (χ0v) is 11.3. The molecule has 0 aliphatic carbocycles. The van der Waals surface area contributed by atoms with E-state index in [4.69, 9.17) is 5.11 Å². The maximum atomic E-state index is 12.7. The van der Waals surface area contributed by atoms with Gasteiger partial charge in [0.15, 0.2) is 0 Å². The van der Waals surface area contributed by atoms with Gasteiger partial charge >= 0.3 is 6.18 Å². The van der Waals surface area contributed by atoms with E-state index < -0.39 is 18.6 Å². The highest BCUT2D eigenvalue weighted by atomic mass is 19.4. The Morgan fingerprint density at radius 3 is 2.10 bits per heavy atom. The van der Waals surface area contributed by atoms with E-state index in [1.165, 1.54) is 0 Å². The molecule has 0 bridgehead atoms. The highest BCUT2D eigenvalue weighted by Crippen LogP contribution is 2.32. The Morgan fingerprint density at radius 2 is 1.57 bits per heavy atom. The average molecular weight is 295 g/mol.